The molecule has 0 heterocycles. The van der Waals surface area contributed by atoms with Gasteiger partial charge in [0.25, 0.3) is 0 Å². The predicted molar refractivity (Wildman–Crippen MR) is 82.5 cm³/mol. The Labute approximate surface area is 112 Å². The fraction of sp³-hybridized carbons (Fsp3) is 0.444. The van der Waals surface area contributed by atoms with Crippen molar-refractivity contribution < 1.29 is 0 Å². The van der Waals surface area contributed by atoms with Crippen LogP contribution in [0.1, 0.15) is 40.5 Å². The smallest absolute Gasteiger partial charge is 0.0225 e. The standard InChI is InChI=1S/C18H26/c1-13(2)15(5)7-8-16(6)18-11-9-17(10-12-18)14(3)4/h7-9,11,13-14H,5-6,10,12H2,1-4H3/b8-7-. The van der Waals surface area contributed by atoms with Crippen molar-refractivity contribution in [1.29, 1.82) is 0 Å². The molecule has 1 aliphatic carbocycles. The number of allylic oxidation sites excluding steroid dienone is 8. The van der Waals surface area contributed by atoms with Crippen LogP contribution in [0.25, 0.3) is 0 Å². The summed E-state index contributed by atoms with van der Waals surface area (Å²) in [5, 5.41) is 0. The van der Waals surface area contributed by atoms with Crippen molar-refractivity contribution in [2.24, 2.45) is 11.8 Å². The van der Waals surface area contributed by atoms with E-state index in [4.69, 9.17) is 0 Å². The topological polar surface area (TPSA) is 0 Å². The molecule has 0 amide bonds. The molecular formula is C18H26. The first kappa shape index (κ1) is 14.8. The molecule has 0 aromatic rings. The van der Waals surface area contributed by atoms with Crippen LogP contribution in [0.4, 0.5) is 0 Å². The minimum absolute atomic E-state index is 0.502. The third-order valence-corrected chi connectivity index (χ3v) is 3.58. The van der Waals surface area contributed by atoms with Crippen LogP contribution < -0.4 is 0 Å². The number of rotatable bonds is 5. The first-order valence-electron chi connectivity index (χ1n) is 6.87. The summed E-state index contributed by atoms with van der Waals surface area (Å²) < 4.78 is 0. The summed E-state index contributed by atoms with van der Waals surface area (Å²) in [4.78, 5) is 0. The Balaban J connectivity index is 2.68. The van der Waals surface area contributed by atoms with Crippen LogP contribution in [0.5, 0.6) is 0 Å². The van der Waals surface area contributed by atoms with Gasteiger partial charge in [0.1, 0.15) is 0 Å². The molecule has 0 nitrogen and oxygen atoms in total. The monoisotopic (exact) mass is 242 g/mol. The fourth-order valence-corrected chi connectivity index (χ4v) is 1.91. The predicted octanol–water partition coefficient (Wildman–Crippen LogP) is 5.61. The minimum Gasteiger partial charge on any atom is -0.0956 e. The van der Waals surface area contributed by atoms with Crippen LogP contribution in [0, 0.1) is 11.8 Å². The molecule has 18 heavy (non-hydrogen) atoms. The molecule has 0 atom stereocenters. The second-order valence-corrected chi connectivity index (χ2v) is 5.68. The number of hydrogen-bond acceptors (Lipinski definition) is 0. The van der Waals surface area contributed by atoms with Crippen molar-refractivity contribution in [2.45, 2.75) is 40.5 Å². The van der Waals surface area contributed by atoms with Crippen molar-refractivity contribution in [3.63, 3.8) is 0 Å². The SMILES string of the molecule is C=C(/C=C\C(=C)C(C)C)C1=CC=C(C(C)C)CC1. The molecule has 0 saturated heterocycles. The summed E-state index contributed by atoms with van der Waals surface area (Å²) in [5.74, 6) is 1.16. The Morgan fingerprint density at radius 2 is 1.72 bits per heavy atom. The van der Waals surface area contributed by atoms with Gasteiger partial charge in [0.15, 0.2) is 0 Å². The Bertz CT molecular complexity index is 411. The third kappa shape index (κ3) is 4.18. The van der Waals surface area contributed by atoms with Crippen molar-refractivity contribution in [2.75, 3.05) is 0 Å². The molecule has 0 unspecified atom stereocenters. The molecular weight excluding hydrogens is 216 g/mol. The first-order valence-corrected chi connectivity index (χ1v) is 6.87. The molecule has 1 rings (SSSR count). The Morgan fingerprint density at radius 1 is 1.06 bits per heavy atom. The molecule has 0 spiro atoms. The molecule has 0 saturated carbocycles. The highest BCUT2D eigenvalue weighted by molar-refractivity contribution is 5.44. The molecule has 1 aliphatic rings. The van der Waals surface area contributed by atoms with Gasteiger partial charge in [-0.1, -0.05) is 76.3 Å². The fourth-order valence-electron chi connectivity index (χ4n) is 1.91. The zero-order valence-electron chi connectivity index (χ0n) is 12.3. The highest BCUT2D eigenvalue weighted by atomic mass is 14.2. The van der Waals surface area contributed by atoms with Crippen molar-refractivity contribution >= 4 is 0 Å². The second-order valence-electron chi connectivity index (χ2n) is 5.68. The van der Waals surface area contributed by atoms with Crippen molar-refractivity contribution in [3.05, 3.63) is 59.8 Å². The Kier molecular flexibility index (Phi) is 5.40. The van der Waals surface area contributed by atoms with Crippen LogP contribution in [-0.2, 0) is 0 Å². The van der Waals surface area contributed by atoms with Crippen molar-refractivity contribution in [3.8, 4) is 0 Å². The summed E-state index contributed by atoms with van der Waals surface area (Å²) in [6.45, 7) is 17.0. The van der Waals surface area contributed by atoms with Crippen LogP contribution in [0.15, 0.2) is 59.8 Å². The summed E-state index contributed by atoms with van der Waals surface area (Å²) in [6.07, 6.45) is 11.0. The van der Waals surface area contributed by atoms with Gasteiger partial charge in [0, 0.05) is 0 Å². The van der Waals surface area contributed by atoms with E-state index in [1.54, 1.807) is 5.57 Å². The van der Waals surface area contributed by atoms with Gasteiger partial charge in [-0.3, -0.25) is 0 Å². The largest absolute Gasteiger partial charge is 0.0956 e. The van der Waals surface area contributed by atoms with Gasteiger partial charge < -0.3 is 0 Å². The zero-order chi connectivity index (χ0) is 13.7. The Hall–Kier alpha value is -1.30. The van der Waals surface area contributed by atoms with Crippen molar-refractivity contribution in [1.82, 2.24) is 0 Å². The molecule has 0 bridgehead atoms. The summed E-state index contributed by atoms with van der Waals surface area (Å²) in [5.41, 5.74) is 5.18. The summed E-state index contributed by atoms with van der Waals surface area (Å²) in [7, 11) is 0. The molecule has 0 fully saturated rings. The normalized spacial score (nSPS) is 16.1. The van der Waals surface area contributed by atoms with Gasteiger partial charge in [0.05, 0.1) is 0 Å². The van der Waals surface area contributed by atoms with Gasteiger partial charge in [-0.05, 0) is 35.8 Å². The maximum atomic E-state index is 4.15. The quantitative estimate of drug-likeness (QED) is 0.549. The van der Waals surface area contributed by atoms with Gasteiger partial charge in [-0.25, -0.2) is 0 Å². The number of hydrogen-bond donors (Lipinski definition) is 0. The highest BCUT2D eigenvalue weighted by Crippen LogP contribution is 2.27. The van der Waals surface area contributed by atoms with Gasteiger partial charge >= 0.3 is 0 Å². The lowest BCUT2D eigenvalue weighted by molar-refractivity contribution is 0.702. The van der Waals surface area contributed by atoms with Crippen LogP contribution in [0.2, 0.25) is 0 Å². The van der Waals surface area contributed by atoms with E-state index in [9.17, 15) is 0 Å². The molecule has 0 aromatic carbocycles. The van der Waals surface area contributed by atoms with Gasteiger partial charge in [0.2, 0.25) is 0 Å². The van der Waals surface area contributed by atoms with E-state index in [0.29, 0.717) is 11.8 Å². The van der Waals surface area contributed by atoms with E-state index >= 15 is 0 Å². The Morgan fingerprint density at radius 3 is 2.17 bits per heavy atom. The molecule has 0 aromatic heterocycles. The minimum atomic E-state index is 0.502. The van der Waals surface area contributed by atoms with E-state index in [0.717, 1.165) is 17.6 Å². The lowest BCUT2D eigenvalue weighted by atomic mass is 9.88. The maximum absolute atomic E-state index is 4.15. The average Bonchev–Trinajstić information content (AvgIpc) is 2.35. The first-order chi connectivity index (χ1) is 8.41. The summed E-state index contributed by atoms with van der Waals surface area (Å²) in [6, 6.07) is 0. The van der Waals surface area contributed by atoms with E-state index < -0.39 is 0 Å². The van der Waals surface area contributed by atoms with Gasteiger partial charge in [-0.15, -0.1) is 0 Å². The van der Waals surface area contributed by atoms with E-state index in [-0.39, 0.29) is 0 Å². The molecule has 0 radical (unpaired) electrons. The molecule has 0 heteroatoms. The van der Waals surface area contributed by atoms with E-state index in [1.165, 1.54) is 12.0 Å². The van der Waals surface area contributed by atoms with Gasteiger partial charge in [-0.2, -0.15) is 0 Å². The highest BCUT2D eigenvalue weighted by Gasteiger charge is 2.10. The second kappa shape index (κ2) is 6.58. The van der Waals surface area contributed by atoms with Crippen LogP contribution >= 0.6 is 0 Å². The van der Waals surface area contributed by atoms with E-state index in [2.05, 4.69) is 65.2 Å². The summed E-state index contributed by atoms with van der Waals surface area (Å²) >= 11 is 0. The average molecular weight is 242 g/mol. The molecule has 0 aliphatic heterocycles. The lowest BCUT2D eigenvalue weighted by Crippen LogP contribution is -2.00. The molecule has 0 N–H and O–H groups in total. The van der Waals surface area contributed by atoms with Crippen LogP contribution in [-0.4, -0.2) is 0 Å². The lowest BCUT2D eigenvalue weighted by Gasteiger charge is -2.17. The maximum Gasteiger partial charge on any atom is -0.0225 e. The third-order valence-electron chi connectivity index (χ3n) is 3.58. The zero-order valence-corrected chi connectivity index (χ0v) is 12.3. The molecule has 98 valence electrons. The van der Waals surface area contributed by atoms with Crippen LogP contribution in [0.3, 0.4) is 0 Å². The van der Waals surface area contributed by atoms with E-state index in [1.807, 2.05) is 0 Å².